The van der Waals surface area contributed by atoms with Crippen molar-refractivity contribution in [1.29, 1.82) is 0 Å². The van der Waals surface area contributed by atoms with Crippen LogP contribution < -0.4 is 10.8 Å². The van der Waals surface area contributed by atoms with E-state index in [1.165, 1.54) is 11.3 Å². The third-order valence-electron chi connectivity index (χ3n) is 2.57. The first-order valence-corrected chi connectivity index (χ1v) is 5.47. The van der Waals surface area contributed by atoms with Gasteiger partial charge in [0.25, 0.3) is 0 Å². The van der Waals surface area contributed by atoms with E-state index in [4.69, 9.17) is 5.90 Å². The van der Waals surface area contributed by atoms with E-state index in [9.17, 15) is 0 Å². The summed E-state index contributed by atoms with van der Waals surface area (Å²) >= 11 is 0. The molecule has 0 aromatic heterocycles. The van der Waals surface area contributed by atoms with Crippen LogP contribution in [0.3, 0.4) is 0 Å². The predicted molar refractivity (Wildman–Crippen MR) is 63.8 cm³/mol. The Labute approximate surface area is 91.8 Å². The van der Waals surface area contributed by atoms with Gasteiger partial charge in [-0.25, -0.2) is 5.90 Å². The van der Waals surface area contributed by atoms with Crippen molar-refractivity contribution in [2.75, 3.05) is 24.6 Å². The third kappa shape index (κ3) is 3.53. The number of nitrogens with zero attached hydrogens (tertiary/aromatic N) is 1. The molecule has 1 rings (SSSR count). The lowest BCUT2D eigenvalue weighted by molar-refractivity contribution is 0.141. The molecule has 3 nitrogen and oxygen atoms in total. The fourth-order valence-electron chi connectivity index (χ4n) is 1.64. The quantitative estimate of drug-likeness (QED) is 0.726. The number of hydrogen-bond acceptors (Lipinski definition) is 3. The Morgan fingerprint density at radius 2 is 1.73 bits per heavy atom. The van der Waals surface area contributed by atoms with Crippen LogP contribution in [0.2, 0.25) is 0 Å². The van der Waals surface area contributed by atoms with Gasteiger partial charge in [-0.1, -0.05) is 12.1 Å². The van der Waals surface area contributed by atoms with Crippen LogP contribution in [0.1, 0.15) is 19.4 Å². The average Bonchev–Trinajstić information content (AvgIpc) is 2.29. The Hall–Kier alpha value is -1.06. The minimum Gasteiger partial charge on any atom is -0.372 e. The number of anilines is 1. The van der Waals surface area contributed by atoms with Crippen molar-refractivity contribution in [3.8, 4) is 0 Å². The van der Waals surface area contributed by atoms with Crippen LogP contribution in [0.15, 0.2) is 24.3 Å². The molecule has 3 heteroatoms. The zero-order valence-corrected chi connectivity index (χ0v) is 9.57. The van der Waals surface area contributed by atoms with E-state index < -0.39 is 0 Å². The Morgan fingerprint density at radius 1 is 1.13 bits per heavy atom. The number of benzene rings is 1. The van der Waals surface area contributed by atoms with Crippen molar-refractivity contribution in [3.63, 3.8) is 0 Å². The van der Waals surface area contributed by atoms with Crippen molar-refractivity contribution in [2.45, 2.75) is 20.3 Å². The smallest absolute Gasteiger partial charge is 0.0719 e. The summed E-state index contributed by atoms with van der Waals surface area (Å²) in [4.78, 5) is 6.88. The molecule has 2 N–H and O–H groups in total. The molecule has 0 atom stereocenters. The predicted octanol–water partition coefficient (Wildman–Crippen LogP) is 1.97. The van der Waals surface area contributed by atoms with E-state index in [0.717, 1.165) is 19.5 Å². The molecule has 0 unspecified atom stereocenters. The van der Waals surface area contributed by atoms with E-state index in [1.807, 2.05) is 0 Å². The first kappa shape index (κ1) is 12.0. The maximum atomic E-state index is 4.99. The molecule has 0 saturated heterocycles. The highest BCUT2D eigenvalue weighted by atomic mass is 16.6. The van der Waals surface area contributed by atoms with Crippen molar-refractivity contribution in [3.05, 3.63) is 29.8 Å². The molecular formula is C12H20N2O. The normalized spacial score (nSPS) is 10.3. The van der Waals surface area contributed by atoms with Gasteiger partial charge in [0.05, 0.1) is 6.61 Å². The lowest BCUT2D eigenvalue weighted by Crippen LogP contribution is -2.21. The Kier molecular flexibility index (Phi) is 5.15. The van der Waals surface area contributed by atoms with Gasteiger partial charge < -0.3 is 9.74 Å². The first-order chi connectivity index (χ1) is 7.31. The van der Waals surface area contributed by atoms with E-state index in [1.54, 1.807) is 0 Å². The van der Waals surface area contributed by atoms with Crippen LogP contribution >= 0.6 is 0 Å². The van der Waals surface area contributed by atoms with Crippen LogP contribution in [-0.2, 0) is 11.3 Å². The molecule has 0 aliphatic carbocycles. The first-order valence-electron chi connectivity index (χ1n) is 5.47. The van der Waals surface area contributed by atoms with Gasteiger partial charge in [-0.15, -0.1) is 0 Å². The fraction of sp³-hybridized carbons (Fsp3) is 0.500. The van der Waals surface area contributed by atoms with Crippen LogP contribution in [0.5, 0.6) is 0 Å². The monoisotopic (exact) mass is 208 g/mol. The topological polar surface area (TPSA) is 38.5 Å². The maximum absolute atomic E-state index is 4.99. The average molecular weight is 208 g/mol. The van der Waals surface area contributed by atoms with Crippen molar-refractivity contribution in [2.24, 2.45) is 5.90 Å². The minimum absolute atomic E-state index is 0.574. The number of rotatable bonds is 6. The number of nitrogens with two attached hydrogens (primary N) is 1. The molecule has 0 heterocycles. The largest absolute Gasteiger partial charge is 0.372 e. The van der Waals surface area contributed by atoms with Gasteiger partial charge in [0.2, 0.25) is 0 Å². The number of hydrogen-bond donors (Lipinski definition) is 1. The fourth-order valence-corrected chi connectivity index (χ4v) is 1.64. The van der Waals surface area contributed by atoms with Gasteiger partial charge in [-0.3, -0.25) is 0 Å². The second-order valence-corrected chi connectivity index (χ2v) is 3.46. The van der Waals surface area contributed by atoms with Crippen LogP contribution in [-0.4, -0.2) is 19.7 Å². The summed E-state index contributed by atoms with van der Waals surface area (Å²) in [5.74, 6) is 4.99. The van der Waals surface area contributed by atoms with Gasteiger partial charge in [-0.05, 0) is 38.0 Å². The summed E-state index contributed by atoms with van der Waals surface area (Å²) in [6, 6.07) is 8.57. The molecule has 0 saturated carbocycles. The molecule has 84 valence electrons. The summed E-state index contributed by atoms with van der Waals surface area (Å²) in [6.07, 6.45) is 0.870. The third-order valence-corrected chi connectivity index (χ3v) is 2.57. The van der Waals surface area contributed by atoms with E-state index in [2.05, 4.69) is 47.9 Å². The lowest BCUT2D eigenvalue weighted by Gasteiger charge is -2.21. The van der Waals surface area contributed by atoms with E-state index >= 15 is 0 Å². The molecule has 1 aromatic rings. The van der Waals surface area contributed by atoms with Gasteiger partial charge in [0, 0.05) is 18.8 Å². The summed E-state index contributed by atoms with van der Waals surface area (Å²) in [5, 5.41) is 0. The van der Waals surface area contributed by atoms with Gasteiger partial charge in [-0.2, -0.15) is 0 Å². The standard InChI is InChI=1S/C12H20N2O/c1-3-14(4-2)12-7-5-11(6-8-12)9-10-15-13/h5-8H,3-4,9-10,13H2,1-2H3. The summed E-state index contributed by atoms with van der Waals surface area (Å²) in [6.45, 7) is 6.99. The summed E-state index contributed by atoms with van der Waals surface area (Å²) in [5.41, 5.74) is 2.54. The molecule has 1 aromatic carbocycles. The van der Waals surface area contributed by atoms with Gasteiger partial charge in [0.1, 0.15) is 0 Å². The van der Waals surface area contributed by atoms with Crippen molar-refractivity contribution < 1.29 is 4.84 Å². The molecule has 0 fully saturated rings. The minimum atomic E-state index is 0.574. The van der Waals surface area contributed by atoms with Crippen LogP contribution in [0.25, 0.3) is 0 Å². The van der Waals surface area contributed by atoms with Crippen LogP contribution in [0.4, 0.5) is 5.69 Å². The summed E-state index contributed by atoms with van der Waals surface area (Å²) in [7, 11) is 0. The van der Waals surface area contributed by atoms with Gasteiger partial charge in [0.15, 0.2) is 0 Å². The van der Waals surface area contributed by atoms with E-state index in [-0.39, 0.29) is 0 Å². The van der Waals surface area contributed by atoms with Crippen molar-refractivity contribution in [1.82, 2.24) is 0 Å². The highest BCUT2D eigenvalue weighted by molar-refractivity contribution is 5.47. The SMILES string of the molecule is CCN(CC)c1ccc(CCON)cc1. The molecule has 15 heavy (non-hydrogen) atoms. The van der Waals surface area contributed by atoms with Crippen molar-refractivity contribution >= 4 is 5.69 Å². The highest BCUT2D eigenvalue weighted by Gasteiger charge is 2.00. The molecule has 0 bridgehead atoms. The molecule has 0 radical (unpaired) electrons. The maximum Gasteiger partial charge on any atom is 0.0719 e. The van der Waals surface area contributed by atoms with Crippen LogP contribution in [0, 0.1) is 0 Å². The van der Waals surface area contributed by atoms with Gasteiger partial charge >= 0.3 is 0 Å². The Bertz CT molecular complexity index is 267. The zero-order chi connectivity index (χ0) is 11.1. The second-order valence-electron chi connectivity index (χ2n) is 3.46. The summed E-state index contributed by atoms with van der Waals surface area (Å²) < 4.78 is 0. The molecule has 0 spiro atoms. The highest BCUT2D eigenvalue weighted by Crippen LogP contribution is 2.14. The second kappa shape index (κ2) is 6.43. The van der Waals surface area contributed by atoms with E-state index in [0.29, 0.717) is 6.61 Å². The molecule has 0 amide bonds. The lowest BCUT2D eigenvalue weighted by atomic mass is 10.1. The molecule has 0 aliphatic rings. The molecule has 0 aliphatic heterocycles. The zero-order valence-electron chi connectivity index (χ0n) is 9.57. The Balaban J connectivity index is 2.62. The Morgan fingerprint density at radius 3 is 2.20 bits per heavy atom. The molecular weight excluding hydrogens is 188 g/mol.